The van der Waals surface area contributed by atoms with Crippen molar-refractivity contribution in [2.24, 2.45) is 0 Å². The second kappa shape index (κ2) is 8.30. The van der Waals surface area contributed by atoms with E-state index in [1.807, 2.05) is 42.5 Å². The first kappa shape index (κ1) is 17.7. The van der Waals surface area contributed by atoms with E-state index in [1.165, 1.54) is 0 Å². The molecule has 0 saturated heterocycles. The lowest BCUT2D eigenvalue weighted by atomic mass is 10.1. The summed E-state index contributed by atoms with van der Waals surface area (Å²) in [5.74, 6) is -0.176. The van der Waals surface area contributed by atoms with Gasteiger partial charge in [0.25, 0.3) is 5.91 Å². The van der Waals surface area contributed by atoms with Crippen LogP contribution in [-0.4, -0.2) is 11.8 Å². The topological polar surface area (TPSA) is 58.2 Å². The molecular formula is C22H22N2O2. The first-order valence-electron chi connectivity index (χ1n) is 8.86. The predicted octanol–water partition coefficient (Wildman–Crippen LogP) is 5.22. The minimum Gasteiger partial charge on any atom is -0.326 e. The number of anilines is 2. The van der Waals surface area contributed by atoms with Crippen molar-refractivity contribution in [1.82, 2.24) is 0 Å². The molecule has 0 heterocycles. The molecule has 0 bridgehead atoms. The van der Waals surface area contributed by atoms with E-state index in [0.29, 0.717) is 17.7 Å². The lowest BCUT2D eigenvalue weighted by Gasteiger charge is -2.10. The highest BCUT2D eigenvalue weighted by molar-refractivity contribution is 6.09. The summed E-state index contributed by atoms with van der Waals surface area (Å²) in [5.41, 5.74) is 2.03. The summed E-state index contributed by atoms with van der Waals surface area (Å²) in [6, 6.07) is 20.7. The molecule has 0 radical (unpaired) electrons. The van der Waals surface area contributed by atoms with E-state index in [1.54, 1.807) is 24.3 Å². The van der Waals surface area contributed by atoms with Crippen molar-refractivity contribution in [2.45, 2.75) is 26.2 Å². The summed E-state index contributed by atoms with van der Waals surface area (Å²) in [7, 11) is 0. The van der Waals surface area contributed by atoms with Crippen LogP contribution in [0, 0.1) is 0 Å². The van der Waals surface area contributed by atoms with Crippen LogP contribution in [0.1, 0.15) is 36.5 Å². The molecule has 0 atom stereocenters. The summed E-state index contributed by atoms with van der Waals surface area (Å²) >= 11 is 0. The Balaban J connectivity index is 1.69. The fraction of sp³-hybridized carbons (Fsp3) is 0.182. The van der Waals surface area contributed by atoms with Crippen molar-refractivity contribution < 1.29 is 9.59 Å². The van der Waals surface area contributed by atoms with Crippen LogP contribution in [0.2, 0.25) is 0 Å². The van der Waals surface area contributed by atoms with E-state index in [9.17, 15) is 9.59 Å². The minimum absolute atomic E-state index is 0.000179. The van der Waals surface area contributed by atoms with Crippen molar-refractivity contribution in [3.8, 4) is 0 Å². The molecule has 0 unspecified atom stereocenters. The van der Waals surface area contributed by atoms with Gasteiger partial charge in [0.1, 0.15) is 0 Å². The highest BCUT2D eigenvalue weighted by Crippen LogP contribution is 2.23. The Bertz CT molecular complexity index is 912. The standard InChI is InChI=1S/C22H22N2O2/c1-2-3-11-21(25)23-18-14-12-17(13-15-18)22(26)24-20-10-6-8-16-7-4-5-9-19(16)20/h4-10,12-15H,2-3,11H2,1H3,(H,23,25)(H,24,26). The number of rotatable bonds is 6. The molecule has 26 heavy (non-hydrogen) atoms. The zero-order valence-electron chi connectivity index (χ0n) is 14.8. The fourth-order valence-electron chi connectivity index (χ4n) is 2.79. The van der Waals surface area contributed by atoms with Crippen molar-refractivity contribution in [2.75, 3.05) is 10.6 Å². The van der Waals surface area contributed by atoms with E-state index in [2.05, 4.69) is 17.6 Å². The first-order chi connectivity index (χ1) is 12.7. The Morgan fingerprint density at radius 1 is 0.846 bits per heavy atom. The molecule has 0 spiro atoms. The van der Waals surface area contributed by atoms with Gasteiger partial charge in [0.05, 0.1) is 0 Å². The maximum absolute atomic E-state index is 12.5. The van der Waals surface area contributed by atoms with Crippen LogP contribution in [0.25, 0.3) is 10.8 Å². The van der Waals surface area contributed by atoms with Gasteiger partial charge < -0.3 is 10.6 Å². The third kappa shape index (κ3) is 4.28. The second-order valence-corrected chi connectivity index (χ2v) is 6.21. The van der Waals surface area contributed by atoms with Crippen molar-refractivity contribution in [1.29, 1.82) is 0 Å². The Morgan fingerprint density at radius 3 is 2.35 bits per heavy atom. The Hall–Kier alpha value is -3.14. The molecule has 4 heteroatoms. The number of hydrogen-bond donors (Lipinski definition) is 2. The number of amides is 2. The van der Waals surface area contributed by atoms with E-state index >= 15 is 0 Å². The number of carbonyl (C=O) groups excluding carboxylic acids is 2. The molecule has 132 valence electrons. The van der Waals surface area contributed by atoms with E-state index in [-0.39, 0.29) is 11.8 Å². The average molecular weight is 346 g/mol. The Labute approximate surface area is 153 Å². The molecule has 2 N–H and O–H groups in total. The van der Waals surface area contributed by atoms with Crippen LogP contribution in [0.15, 0.2) is 66.7 Å². The molecule has 4 nitrogen and oxygen atoms in total. The zero-order chi connectivity index (χ0) is 18.4. The molecule has 0 aromatic heterocycles. The molecule has 0 aliphatic rings. The van der Waals surface area contributed by atoms with Crippen molar-refractivity contribution in [3.63, 3.8) is 0 Å². The predicted molar refractivity (Wildman–Crippen MR) is 106 cm³/mol. The molecule has 0 aliphatic carbocycles. The quantitative estimate of drug-likeness (QED) is 0.643. The van der Waals surface area contributed by atoms with Crippen LogP contribution in [-0.2, 0) is 4.79 Å². The first-order valence-corrected chi connectivity index (χ1v) is 8.86. The summed E-state index contributed by atoms with van der Waals surface area (Å²) in [5, 5.41) is 7.89. The molecule has 2 amide bonds. The van der Waals surface area contributed by atoms with E-state index in [0.717, 1.165) is 29.3 Å². The molecular weight excluding hydrogens is 324 g/mol. The Kier molecular flexibility index (Phi) is 5.64. The molecule has 3 rings (SSSR count). The third-order valence-corrected chi connectivity index (χ3v) is 4.23. The summed E-state index contributed by atoms with van der Waals surface area (Å²) in [4.78, 5) is 24.3. The van der Waals surface area contributed by atoms with Gasteiger partial charge in [0.15, 0.2) is 0 Å². The van der Waals surface area contributed by atoms with Crippen LogP contribution in [0.4, 0.5) is 11.4 Å². The number of benzene rings is 3. The molecule has 0 aliphatic heterocycles. The second-order valence-electron chi connectivity index (χ2n) is 6.21. The van der Waals surface area contributed by atoms with Crippen LogP contribution >= 0.6 is 0 Å². The van der Waals surface area contributed by atoms with Crippen LogP contribution in [0.3, 0.4) is 0 Å². The summed E-state index contributed by atoms with van der Waals surface area (Å²) in [6.07, 6.45) is 2.37. The van der Waals surface area contributed by atoms with Crippen molar-refractivity contribution in [3.05, 3.63) is 72.3 Å². The monoisotopic (exact) mass is 346 g/mol. The van der Waals surface area contributed by atoms with Gasteiger partial charge >= 0.3 is 0 Å². The number of hydrogen-bond acceptors (Lipinski definition) is 2. The maximum Gasteiger partial charge on any atom is 0.255 e. The van der Waals surface area contributed by atoms with Gasteiger partial charge in [0.2, 0.25) is 5.91 Å². The van der Waals surface area contributed by atoms with Gasteiger partial charge in [-0.3, -0.25) is 9.59 Å². The average Bonchev–Trinajstić information content (AvgIpc) is 2.67. The third-order valence-electron chi connectivity index (χ3n) is 4.23. The summed E-state index contributed by atoms with van der Waals surface area (Å²) in [6.45, 7) is 2.05. The number of carbonyl (C=O) groups is 2. The van der Waals surface area contributed by atoms with Gasteiger partial charge in [-0.1, -0.05) is 49.7 Å². The maximum atomic E-state index is 12.5. The van der Waals surface area contributed by atoms with Gasteiger partial charge in [-0.25, -0.2) is 0 Å². The smallest absolute Gasteiger partial charge is 0.255 e. The lowest BCUT2D eigenvalue weighted by molar-refractivity contribution is -0.116. The highest BCUT2D eigenvalue weighted by Gasteiger charge is 2.09. The molecule has 0 saturated carbocycles. The van der Waals surface area contributed by atoms with Crippen LogP contribution in [0.5, 0.6) is 0 Å². The fourth-order valence-corrected chi connectivity index (χ4v) is 2.79. The number of unbranched alkanes of at least 4 members (excludes halogenated alkanes) is 1. The molecule has 3 aromatic carbocycles. The van der Waals surface area contributed by atoms with E-state index < -0.39 is 0 Å². The lowest BCUT2D eigenvalue weighted by Crippen LogP contribution is -2.13. The van der Waals surface area contributed by atoms with Gasteiger partial charge in [-0.2, -0.15) is 0 Å². The number of nitrogens with one attached hydrogen (secondary N) is 2. The van der Waals surface area contributed by atoms with E-state index in [4.69, 9.17) is 0 Å². The minimum atomic E-state index is -0.176. The van der Waals surface area contributed by atoms with Gasteiger partial charge in [-0.15, -0.1) is 0 Å². The SMILES string of the molecule is CCCCC(=O)Nc1ccc(C(=O)Nc2cccc3ccccc23)cc1. The van der Waals surface area contributed by atoms with Crippen LogP contribution < -0.4 is 10.6 Å². The highest BCUT2D eigenvalue weighted by atomic mass is 16.2. The zero-order valence-corrected chi connectivity index (χ0v) is 14.8. The largest absolute Gasteiger partial charge is 0.326 e. The summed E-state index contributed by atoms with van der Waals surface area (Å²) < 4.78 is 0. The molecule has 3 aromatic rings. The van der Waals surface area contributed by atoms with Gasteiger partial charge in [-0.05, 0) is 42.1 Å². The molecule has 0 fully saturated rings. The normalized spacial score (nSPS) is 10.5. The Morgan fingerprint density at radius 2 is 1.58 bits per heavy atom. The number of fused-ring (bicyclic) bond motifs is 1. The van der Waals surface area contributed by atoms with Gasteiger partial charge in [0, 0.05) is 28.7 Å². The van der Waals surface area contributed by atoms with Crippen molar-refractivity contribution >= 4 is 34.0 Å².